The highest BCUT2D eigenvalue weighted by molar-refractivity contribution is 7.80. The van der Waals surface area contributed by atoms with Crippen molar-refractivity contribution in [3.63, 3.8) is 0 Å². The number of thiocarbonyl (C=S) groups is 1. The van der Waals surface area contributed by atoms with Gasteiger partial charge in [-0.2, -0.15) is 0 Å². The van der Waals surface area contributed by atoms with Crippen molar-refractivity contribution in [1.29, 1.82) is 0 Å². The molecule has 0 bridgehead atoms. The predicted octanol–water partition coefficient (Wildman–Crippen LogP) is 0.921. The van der Waals surface area contributed by atoms with Crippen molar-refractivity contribution in [2.24, 2.45) is 5.73 Å². The van der Waals surface area contributed by atoms with Gasteiger partial charge in [-0.25, -0.2) is 0 Å². The van der Waals surface area contributed by atoms with Gasteiger partial charge in [-0.1, -0.05) is 30.3 Å². The third-order valence-corrected chi connectivity index (χ3v) is 2.26. The molecule has 14 heavy (non-hydrogen) atoms. The molecule has 0 aromatic heterocycles. The maximum absolute atomic E-state index is 5.32. The summed E-state index contributed by atoms with van der Waals surface area (Å²) >= 11 is 4.71. The van der Waals surface area contributed by atoms with Crippen molar-refractivity contribution in [3.05, 3.63) is 41.5 Å². The smallest absolute Gasteiger partial charge is 0.182 e. The van der Waals surface area contributed by atoms with E-state index in [2.05, 4.69) is 29.1 Å². The standard InChI is InChI=1S/C10H11N3S/c11-10(14)13-12-9-6-5-7-3-1-2-4-8(7)9/h1-4,6,12H,5H2,(H3,11,13,14). The molecule has 0 saturated heterocycles. The van der Waals surface area contributed by atoms with Gasteiger partial charge in [-0.3, -0.25) is 10.9 Å². The molecule has 1 aliphatic carbocycles. The highest BCUT2D eigenvalue weighted by Crippen LogP contribution is 2.24. The molecular formula is C10H11N3S. The molecule has 0 amide bonds. The number of benzene rings is 1. The van der Waals surface area contributed by atoms with Crippen LogP contribution in [-0.2, 0) is 6.42 Å². The summed E-state index contributed by atoms with van der Waals surface area (Å²) in [6.45, 7) is 0. The molecule has 1 aromatic rings. The number of nitrogens with two attached hydrogens (primary N) is 1. The predicted molar refractivity (Wildman–Crippen MR) is 61.2 cm³/mol. The lowest BCUT2D eigenvalue weighted by Gasteiger charge is -2.09. The normalized spacial score (nSPS) is 13.0. The van der Waals surface area contributed by atoms with E-state index in [4.69, 9.17) is 18.0 Å². The van der Waals surface area contributed by atoms with Gasteiger partial charge in [0.25, 0.3) is 0 Å². The zero-order chi connectivity index (χ0) is 9.97. The van der Waals surface area contributed by atoms with Crippen LogP contribution in [0.5, 0.6) is 0 Å². The molecule has 72 valence electrons. The Morgan fingerprint density at radius 2 is 2.14 bits per heavy atom. The summed E-state index contributed by atoms with van der Waals surface area (Å²) < 4.78 is 0. The van der Waals surface area contributed by atoms with E-state index in [0.717, 1.165) is 12.1 Å². The third-order valence-electron chi connectivity index (χ3n) is 2.15. The second-order valence-electron chi connectivity index (χ2n) is 3.09. The Kier molecular flexibility index (Phi) is 2.37. The number of rotatable bonds is 2. The monoisotopic (exact) mass is 205 g/mol. The molecule has 1 aromatic carbocycles. The van der Waals surface area contributed by atoms with E-state index in [9.17, 15) is 0 Å². The molecule has 0 unspecified atom stereocenters. The van der Waals surface area contributed by atoms with Gasteiger partial charge in [-0.05, 0) is 24.2 Å². The van der Waals surface area contributed by atoms with Crippen LogP contribution in [0.15, 0.2) is 30.3 Å². The van der Waals surface area contributed by atoms with E-state index in [1.165, 1.54) is 11.1 Å². The average molecular weight is 205 g/mol. The lowest BCUT2D eigenvalue weighted by molar-refractivity contribution is 0.845. The minimum absolute atomic E-state index is 0.246. The first-order valence-electron chi connectivity index (χ1n) is 4.37. The Labute approximate surface area is 88.0 Å². The lowest BCUT2D eigenvalue weighted by Crippen LogP contribution is -2.39. The topological polar surface area (TPSA) is 50.1 Å². The van der Waals surface area contributed by atoms with E-state index in [1.54, 1.807) is 0 Å². The largest absolute Gasteiger partial charge is 0.375 e. The van der Waals surface area contributed by atoms with Crippen LogP contribution in [0.25, 0.3) is 5.70 Å². The van der Waals surface area contributed by atoms with Crippen LogP contribution in [0.4, 0.5) is 0 Å². The van der Waals surface area contributed by atoms with E-state index in [0.29, 0.717) is 0 Å². The summed E-state index contributed by atoms with van der Waals surface area (Å²) in [5.41, 5.74) is 14.6. The van der Waals surface area contributed by atoms with Crippen LogP contribution in [0, 0.1) is 0 Å². The Bertz CT molecular complexity index is 398. The van der Waals surface area contributed by atoms with Gasteiger partial charge in [0.1, 0.15) is 0 Å². The van der Waals surface area contributed by atoms with Crippen LogP contribution in [0.3, 0.4) is 0 Å². The van der Waals surface area contributed by atoms with Crippen molar-refractivity contribution in [2.75, 3.05) is 0 Å². The molecule has 0 spiro atoms. The second kappa shape index (κ2) is 3.67. The highest BCUT2D eigenvalue weighted by atomic mass is 32.1. The second-order valence-corrected chi connectivity index (χ2v) is 3.53. The van der Waals surface area contributed by atoms with Crippen LogP contribution in [0.2, 0.25) is 0 Å². The van der Waals surface area contributed by atoms with Crippen molar-refractivity contribution >= 4 is 23.0 Å². The molecule has 4 N–H and O–H groups in total. The van der Waals surface area contributed by atoms with E-state index >= 15 is 0 Å². The summed E-state index contributed by atoms with van der Waals surface area (Å²) in [5, 5.41) is 0.246. The van der Waals surface area contributed by atoms with Gasteiger partial charge in [-0.15, -0.1) is 0 Å². The molecule has 0 fully saturated rings. The van der Waals surface area contributed by atoms with Crippen LogP contribution >= 0.6 is 12.2 Å². The Hall–Kier alpha value is -1.55. The minimum atomic E-state index is 0.246. The first-order valence-corrected chi connectivity index (χ1v) is 4.78. The minimum Gasteiger partial charge on any atom is -0.375 e. The molecule has 0 radical (unpaired) electrons. The van der Waals surface area contributed by atoms with Crippen molar-refractivity contribution < 1.29 is 0 Å². The van der Waals surface area contributed by atoms with Gasteiger partial charge in [0.2, 0.25) is 0 Å². The molecular weight excluding hydrogens is 194 g/mol. The molecule has 2 rings (SSSR count). The Morgan fingerprint density at radius 3 is 2.93 bits per heavy atom. The maximum atomic E-state index is 5.32. The van der Waals surface area contributed by atoms with E-state index < -0.39 is 0 Å². The third kappa shape index (κ3) is 1.70. The Balaban J connectivity index is 2.13. The summed E-state index contributed by atoms with van der Waals surface area (Å²) in [5.74, 6) is 0. The maximum Gasteiger partial charge on any atom is 0.182 e. The molecule has 4 heteroatoms. The number of hydrogen-bond donors (Lipinski definition) is 3. The van der Waals surface area contributed by atoms with Crippen molar-refractivity contribution in [3.8, 4) is 0 Å². The Morgan fingerprint density at radius 1 is 1.36 bits per heavy atom. The van der Waals surface area contributed by atoms with Gasteiger partial charge < -0.3 is 5.73 Å². The number of fused-ring (bicyclic) bond motifs is 1. The van der Waals surface area contributed by atoms with Crippen molar-refractivity contribution in [1.82, 2.24) is 10.9 Å². The van der Waals surface area contributed by atoms with Gasteiger partial charge in [0, 0.05) is 5.56 Å². The van der Waals surface area contributed by atoms with Gasteiger partial charge >= 0.3 is 0 Å². The molecule has 0 saturated carbocycles. The molecule has 0 aliphatic heterocycles. The quantitative estimate of drug-likeness (QED) is 0.496. The van der Waals surface area contributed by atoms with Gasteiger partial charge in [0.15, 0.2) is 5.11 Å². The molecule has 1 aliphatic rings. The fraction of sp³-hybridized carbons (Fsp3) is 0.100. The highest BCUT2D eigenvalue weighted by Gasteiger charge is 2.12. The molecule has 0 atom stereocenters. The van der Waals surface area contributed by atoms with Crippen LogP contribution in [0.1, 0.15) is 11.1 Å². The fourth-order valence-electron chi connectivity index (χ4n) is 1.53. The number of allylic oxidation sites excluding steroid dienone is 1. The number of hydrogen-bond acceptors (Lipinski definition) is 2. The average Bonchev–Trinajstić information content (AvgIpc) is 2.58. The first-order chi connectivity index (χ1) is 6.77. The van der Waals surface area contributed by atoms with Gasteiger partial charge in [0.05, 0.1) is 5.70 Å². The summed E-state index contributed by atoms with van der Waals surface area (Å²) in [4.78, 5) is 0. The SMILES string of the molecule is NC(=S)NNC1=CCc2ccccc21. The van der Waals surface area contributed by atoms with E-state index in [-0.39, 0.29) is 5.11 Å². The van der Waals surface area contributed by atoms with E-state index in [1.807, 2.05) is 12.1 Å². The van der Waals surface area contributed by atoms with Crippen LogP contribution in [-0.4, -0.2) is 5.11 Å². The molecule has 3 nitrogen and oxygen atoms in total. The molecule has 0 heterocycles. The number of nitrogens with one attached hydrogen (secondary N) is 2. The van der Waals surface area contributed by atoms with Crippen molar-refractivity contribution in [2.45, 2.75) is 6.42 Å². The number of hydrazine groups is 1. The first kappa shape index (κ1) is 9.02. The van der Waals surface area contributed by atoms with Crippen LogP contribution < -0.4 is 16.6 Å². The fourth-order valence-corrected chi connectivity index (χ4v) is 1.58. The zero-order valence-electron chi connectivity index (χ0n) is 7.58. The lowest BCUT2D eigenvalue weighted by atomic mass is 10.1. The summed E-state index contributed by atoms with van der Waals surface area (Å²) in [7, 11) is 0. The summed E-state index contributed by atoms with van der Waals surface area (Å²) in [6, 6.07) is 8.24. The summed E-state index contributed by atoms with van der Waals surface area (Å²) in [6.07, 6.45) is 3.06. The zero-order valence-corrected chi connectivity index (χ0v) is 8.40.